The first kappa shape index (κ1) is 15.8. The summed E-state index contributed by atoms with van der Waals surface area (Å²) in [6, 6.07) is 0. The van der Waals surface area contributed by atoms with Crippen molar-refractivity contribution in [1.82, 2.24) is 4.90 Å². The van der Waals surface area contributed by atoms with Crippen LogP contribution in [0.1, 0.15) is 53.4 Å². The average Bonchev–Trinajstić information content (AvgIpc) is 2.26. The first-order chi connectivity index (χ1) is 8.21. The average molecular weight is 274 g/mol. The smallest absolute Gasteiger partial charge is 0.225 e. The predicted octanol–water partition coefficient (Wildman–Crippen LogP) is 3.92. The molecule has 1 rings (SSSR count). The zero-order valence-corrected chi connectivity index (χ0v) is 13.3. The molecule has 1 saturated carbocycles. The molecule has 0 spiro atoms. The maximum Gasteiger partial charge on any atom is 0.225 e. The molecule has 0 bridgehead atoms. The molecule has 1 aliphatic carbocycles. The zero-order chi connectivity index (χ0) is 13.9. The van der Waals surface area contributed by atoms with E-state index in [1.54, 1.807) is 4.90 Å². The Morgan fingerprint density at radius 2 is 1.78 bits per heavy atom. The van der Waals surface area contributed by atoms with Gasteiger partial charge < -0.3 is 4.90 Å². The van der Waals surface area contributed by atoms with Crippen molar-refractivity contribution in [3.05, 3.63) is 0 Å². The van der Waals surface area contributed by atoms with Crippen molar-refractivity contribution in [2.24, 2.45) is 17.3 Å². The molecule has 18 heavy (non-hydrogen) atoms. The number of halogens is 1. The molecule has 0 aromatic carbocycles. The van der Waals surface area contributed by atoms with E-state index in [0.29, 0.717) is 12.0 Å². The SMILES string of the molecule is CC(Cl)CN(C)C(=O)C1CCC(C(C)(C)C)CC1. The normalized spacial score (nSPS) is 26.8. The van der Waals surface area contributed by atoms with Crippen LogP contribution in [0.2, 0.25) is 0 Å². The van der Waals surface area contributed by atoms with Gasteiger partial charge in [-0.2, -0.15) is 0 Å². The minimum atomic E-state index is 0.0323. The van der Waals surface area contributed by atoms with Gasteiger partial charge in [-0.25, -0.2) is 0 Å². The minimum absolute atomic E-state index is 0.0323. The van der Waals surface area contributed by atoms with Gasteiger partial charge in [0.05, 0.1) is 0 Å². The van der Waals surface area contributed by atoms with E-state index in [0.717, 1.165) is 18.8 Å². The van der Waals surface area contributed by atoms with E-state index in [2.05, 4.69) is 20.8 Å². The van der Waals surface area contributed by atoms with Crippen LogP contribution in [0.25, 0.3) is 0 Å². The Kier molecular flexibility index (Phi) is 5.51. The lowest BCUT2D eigenvalue weighted by Crippen LogP contribution is -2.38. The lowest BCUT2D eigenvalue weighted by Gasteiger charge is -2.37. The number of amides is 1. The van der Waals surface area contributed by atoms with E-state index in [1.807, 2.05) is 14.0 Å². The van der Waals surface area contributed by atoms with Crippen molar-refractivity contribution in [2.75, 3.05) is 13.6 Å². The van der Waals surface area contributed by atoms with Gasteiger partial charge in [-0.15, -0.1) is 11.6 Å². The van der Waals surface area contributed by atoms with Crippen molar-refractivity contribution in [3.8, 4) is 0 Å². The highest BCUT2D eigenvalue weighted by Gasteiger charge is 2.33. The predicted molar refractivity (Wildman–Crippen MR) is 77.9 cm³/mol. The van der Waals surface area contributed by atoms with E-state index in [-0.39, 0.29) is 17.2 Å². The molecule has 0 heterocycles. The van der Waals surface area contributed by atoms with Crippen LogP contribution < -0.4 is 0 Å². The maximum atomic E-state index is 12.3. The molecule has 0 aromatic heterocycles. The first-order valence-corrected chi connectivity index (χ1v) is 7.54. The number of alkyl halides is 1. The third-order valence-corrected chi connectivity index (χ3v) is 4.34. The number of hydrogen-bond acceptors (Lipinski definition) is 1. The van der Waals surface area contributed by atoms with Gasteiger partial charge in [-0.1, -0.05) is 20.8 Å². The van der Waals surface area contributed by atoms with E-state index in [9.17, 15) is 4.79 Å². The van der Waals surface area contributed by atoms with Gasteiger partial charge in [-0.3, -0.25) is 4.79 Å². The summed E-state index contributed by atoms with van der Waals surface area (Å²) in [5, 5.41) is 0.0323. The highest BCUT2D eigenvalue weighted by molar-refractivity contribution is 6.20. The van der Waals surface area contributed by atoms with E-state index in [4.69, 9.17) is 11.6 Å². The molecule has 106 valence electrons. The topological polar surface area (TPSA) is 20.3 Å². The third kappa shape index (κ3) is 4.46. The number of carbonyl (C=O) groups excluding carboxylic acids is 1. The van der Waals surface area contributed by atoms with Crippen molar-refractivity contribution in [2.45, 2.75) is 58.8 Å². The van der Waals surface area contributed by atoms with Crippen molar-refractivity contribution >= 4 is 17.5 Å². The van der Waals surface area contributed by atoms with E-state index < -0.39 is 0 Å². The lowest BCUT2D eigenvalue weighted by atomic mass is 9.69. The van der Waals surface area contributed by atoms with Crippen molar-refractivity contribution < 1.29 is 4.79 Å². The standard InChI is InChI=1S/C15H28ClNO/c1-11(16)10-17(5)14(18)12-6-8-13(9-7-12)15(2,3)4/h11-13H,6-10H2,1-5H3. The molecule has 1 atom stereocenters. The van der Waals surface area contributed by atoms with Crippen LogP contribution in [0, 0.1) is 17.3 Å². The summed E-state index contributed by atoms with van der Waals surface area (Å²) < 4.78 is 0. The van der Waals surface area contributed by atoms with Crippen LogP contribution in [0.5, 0.6) is 0 Å². The number of hydrogen-bond donors (Lipinski definition) is 0. The van der Waals surface area contributed by atoms with Gasteiger partial charge in [-0.05, 0) is 43.9 Å². The van der Waals surface area contributed by atoms with Gasteiger partial charge in [0.25, 0.3) is 0 Å². The molecule has 0 aliphatic heterocycles. The van der Waals surface area contributed by atoms with Gasteiger partial charge >= 0.3 is 0 Å². The molecule has 0 radical (unpaired) electrons. The summed E-state index contributed by atoms with van der Waals surface area (Å²) in [6.45, 7) is 9.50. The zero-order valence-electron chi connectivity index (χ0n) is 12.5. The molecule has 3 heteroatoms. The number of rotatable bonds is 3. The first-order valence-electron chi connectivity index (χ1n) is 7.11. The van der Waals surface area contributed by atoms with Gasteiger partial charge in [0.2, 0.25) is 5.91 Å². The number of nitrogens with zero attached hydrogens (tertiary/aromatic N) is 1. The largest absolute Gasteiger partial charge is 0.344 e. The summed E-state index contributed by atoms with van der Waals surface area (Å²) in [5.41, 5.74) is 0.380. The van der Waals surface area contributed by atoms with Crippen molar-refractivity contribution in [1.29, 1.82) is 0 Å². The molecule has 1 aliphatic rings. The Morgan fingerprint density at radius 1 is 1.28 bits per heavy atom. The van der Waals surface area contributed by atoms with Gasteiger partial charge in [0.15, 0.2) is 0 Å². The highest BCUT2D eigenvalue weighted by Crippen LogP contribution is 2.40. The van der Waals surface area contributed by atoms with Gasteiger partial charge in [0.1, 0.15) is 0 Å². The lowest BCUT2D eigenvalue weighted by molar-refractivity contribution is -0.135. The quantitative estimate of drug-likeness (QED) is 0.714. The fourth-order valence-electron chi connectivity index (χ4n) is 2.99. The summed E-state index contributed by atoms with van der Waals surface area (Å²) in [6.07, 6.45) is 4.46. The van der Waals surface area contributed by atoms with Crippen LogP contribution in [0.15, 0.2) is 0 Å². The third-order valence-electron chi connectivity index (χ3n) is 4.20. The summed E-state index contributed by atoms with van der Waals surface area (Å²) in [5.74, 6) is 1.28. The highest BCUT2D eigenvalue weighted by atomic mass is 35.5. The summed E-state index contributed by atoms with van der Waals surface area (Å²) >= 11 is 5.94. The van der Waals surface area contributed by atoms with Crippen LogP contribution >= 0.6 is 11.6 Å². The molecule has 1 unspecified atom stereocenters. The molecular weight excluding hydrogens is 246 g/mol. The fraction of sp³-hybridized carbons (Fsp3) is 0.933. The second kappa shape index (κ2) is 6.27. The summed E-state index contributed by atoms with van der Waals surface area (Å²) in [4.78, 5) is 14.1. The molecule has 1 fully saturated rings. The Hall–Kier alpha value is -0.240. The molecule has 0 saturated heterocycles. The second-order valence-corrected chi connectivity index (χ2v) is 7.66. The molecule has 0 N–H and O–H groups in total. The minimum Gasteiger partial charge on any atom is -0.344 e. The van der Waals surface area contributed by atoms with Crippen LogP contribution in [0.4, 0.5) is 0 Å². The van der Waals surface area contributed by atoms with Crippen LogP contribution in [0.3, 0.4) is 0 Å². The van der Waals surface area contributed by atoms with Crippen LogP contribution in [-0.2, 0) is 4.79 Å². The van der Waals surface area contributed by atoms with Crippen molar-refractivity contribution in [3.63, 3.8) is 0 Å². The Labute approximate surface area is 117 Å². The monoisotopic (exact) mass is 273 g/mol. The van der Waals surface area contributed by atoms with Gasteiger partial charge in [0, 0.05) is 24.9 Å². The maximum absolute atomic E-state index is 12.3. The van der Waals surface area contributed by atoms with Crippen LogP contribution in [-0.4, -0.2) is 29.8 Å². The fourth-order valence-corrected chi connectivity index (χ4v) is 3.19. The molecule has 0 aromatic rings. The molecule has 2 nitrogen and oxygen atoms in total. The Balaban J connectivity index is 2.45. The Bertz CT molecular complexity index is 275. The van der Waals surface area contributed by atoms with E-state index in [1.165, 1.54) is 12.8 Å². The molecule has 1 amide bonds. The second-order valence-electron chi connectivity index (χ2n) is 6.91. The molecular formula is C15H28ClNO. The number of carbonyl (C=O) groups is 1. The van der Waals surface area contributed by atoms with E-state index >= 15 is 0 Å². The Morgan fingerprint density at radius 3 is 2.17 bits per heavy atom. The summed E-state index contributed by atoms with van der Waals surface area (Å²) in [7, 11) is 1.87.